The SMILES string of the molecule is O=C(CCN1C(=O)CSc2ccccc21)NCCNc1ncc(C(F)(F)F)cc1Cl. The Morgan fingerprint density at radius 3 is 2.77 bits per heavy atom. The first kappa shape index (κ1) is 22.2. The number of alkyl halides is 3. The molecule has 6 nitrogen and oxygen atoms in total. The highest BCUT2D eigenvalue weighted by molar-refractivity contribution is 8.00. The smallest absolute Gasteiger partial charge is 0.367 e. The summed E-state index contributed by atoms with van der Waals surface area (Å²) >= 11 is 7.29. The fourth-order valence-corrected chi connectivity index (χ4v) is 3.98. The summed E-state index contributed by atoms with van der Waals surface area (Å²) < 4.78 is 37.8. The lowest BCUT2D eigenvalue weighted by molar-refractivity contribution is -0.137. The van der Waals surface area contributed by atoms with Gasteiger partial charge < -0.3 is 15.5 Å². The van der Waals surface area contributed by atoms with Crippen LogP contribution in [0.4, 0.5) is 24.7 Å². The maximum atomic E-state index is 12.6. The van der Waals surface area contributed by atoms with E-state index >= 15 is 0 Å². The molecule has 0 saturated carbocycles. The minimum atomic E-state index is -4.52. The van der Waals surface area contributed by atoms with Gasteiger partial charge in [-0.2, -0.15) is 13.2 Å². The van der Waals surface area contributed by atoms with Gasteiger partial charge in [0, 0.05) is 37.1 Å². The lowest BCUT2D eigenvalue weighted by atomic mass is 10.2. The number of carbonyl (C=O) groups is 2. The predicted molar refractivity (Wildman–Crippen MR) is 110 cm³/mol. The summed E-state index contributed by atoms with van der Waals surface area (Å²) in [5.41, 5.74) is -0.130. The van der Waals surface area contributed by atoms with Gasteiger partial charge in [0.05, 0.1) is 22.0 Å². The number of fused-ring (bicyclic) bond motifs is 1. The number of carbonyl (C=O) groups excluding carboxylic acids is 2. The van der Waals surface area contributed by atoms with Crippen molar-refractivity contribution in [2.24, 2.45) is 0 Å². The van der Waals surface area contributed by atoms with Gasteiger partial charge >= 0.3 is 6.18 Å². The maximum absolute atomic E-state index is 12.6. The van der Waals surface area contributed by atoms with Crippen molar-refractivity contribution in [3.05, 3.63) is 47.1 Å². The number of pyridine rings is 1. The Hall–Kier alpha value is -2.46. The normalized spacial score (nSPS) is 13.7. The lowest BCUT2D eigenvalue weighted by Gasteiger charge is -2.28. The number of aromatic nitrogens is 1. The maximum Gasteiger partial charge on any atom is 0.417 e. The van der Waals surface area contributed by atoms with Gasteiger partial charge in [-0.1, -0.05) is 23.7 Å². The van der Waals surface area contributed by atoms with Crippen LogP contribution in [0, 0.1) is 0 Å². The molecule has 160 valence electrons. The topological polar surface area (TPSA) is 74.3 Å². The zero-order valence-corrected chi connectivity index (χ0v) is 17.2. The van der Waals surface area contributed by atoms with Crippen LogP contribution in [0.3, 0.4) is 0 Å². The number of rotatable bonds is 7. The number of hydrogen-bond donors (Lipinski definition) is 2. The van der Waals surface area contributed by atoms with E-state index in [2.05, 4.69) is 15.6 Å². The molecule has 0 saturated heterocycles. The van der Waals surface area contributed by atoms with Crippen LogP contribution in [0.2, 0.25) is 5.02 Å². The van der Waals surface area contributed by atoms with Gasteiger partial charge in [0.15, 0.2) is 0 Å². The minimum Gasteiger partial charge on any atom is -0.367 e. The second-order valence-corrected chi connectivity index (χ2v) is 7.81. The quantitative estimate of drug-likeness (QED) is 0.617. The van der Waals surface area contributed by atoms with Crippen LogP contribution >= 0.6 is 23.4 Å². The number of nitrogens with one attached hydrogen (secondary N) is 2. The first-order valence-corrected chi connectivity index (χ1v) is 10.4. The number of thioether (sulfide) groups is 1. The number of hydrogen-bond acceptors (Lipinski definition) is 5. The van der Waals surface area contributed by atoms with Gasteiger partial charge in [-0.15, -0.1) is 11.8 Å². The third-order valence-corrected chi connectivity index (χ3v) is 5.61. The molecular weight excluding hydrogens is 441 g/mol. The molecule has 1 aliphatic rings. The van der Waals surface area contributed by atoms with Crippen molar-refractivity contribution < 1.29 is 22.8 Å². The zero-order chi connectivity index (χ0) is 21.7. The van der Waals surface area contributed by atoms with E-state index in [9.17, 15) is 22.8 Å². The molecule has 0 spiro atoms. The van der Waals surface area contributed by atoms with Crippen molar-refractivity contribution in [2.75, 3.05) is 35.6 Å². The summed E-state index contributed by atoms with van der Waals surface area (Å²) in [6.45, 7) is 0.714. The van der Waals surface area contributed by atoms with E-state index < -0.39 is 11.7 Å². The molecule has 1 aliphatic heterocycles. The number of amides is 2. The number of para-hydroxylation sites is 1. The Morgan fingerprint density at radius 1 is 1.27 bits per heavy atom. The van der Waals surface area contributed by atoms with Crippen LogP contribution < -0.4 is 15.5 Å². The van der Waals surface area contributed by atoms with Gasteiger partial charge in [0.25, 0.3) is 0 Å². The monoisotopic (exact) mass is 458 g/mol. The van der Waals surface area contributed by atoms with E-state index in [-0.39, 0.29) is 48.7 Å². The first-order chi connectivity index (χ1) is 14.3. The van der Waals surface area contributed by atoms with E-state index in [1.165, 1.54) is 11.8 Å². The number of halogens is 4. The summed E-state index contributed by atoms with van der Waals surface area (Å²) in [4.78, 5) is 30.5. The van der Waals surface area contributed by atoms with Crippen molar-refractivity contribution >= 4 is 46.7 Å². The average molecular weight is 459 g/mol. The highest BCUT2D eigenvalue weighted by Gasteiger charge is 2.31. The number of anilines is 2. The van der Waals surface area contributed by atoms with E-state index in [0.717, 1.165) is 16.6 Å². The standard InChI is InChI=1S/C19H18ClF3N4O2S/c20-13-9-12(19(21,22)23)10-26-18(13)25-7-6-24-16(28)5-8-27-14-3-1-2-4-15(14)30-11-17(27)29/h1-4,9-10H,5-8,11H2,(H,24,28)(H,25,26). The second kappa shape index (κ2) is 9.57. The molecule has 0 atom stereocenters. The lowest BCUT2D eigenvalue weighted by Crippen LogP contribution is -2.39. The van der Waals surface area contributed by atoms with Crippen LogP contribution in [0.15, 0.2) is 41.4 Å². The summed E-state index contributed by atoms with van der Waals surface area (Å²) in [6, 6.07) is 8.32. The molecule has 0 radical (unpaired) electrons. The van der Waals surface area contributed by atoms with Gasteiger partial charge in [-0.25, -0.2) is 4.98 Å². The predicted octanol–water partition coefficient (Wildman–Crippen LogP) is 3.81. The van der Waals surface area contributed by atoms with Crippen LogP contribution in [0.25, 0.3) is 0 Å². The van der Waals surface area contributed by atoms with Gasteiger partial charge in [0.2, 0.25) is 11.8 Å². The van der Waals surface area contributed by atoms with Crippen molar-refractivity contribution in [3.8, 4) is 0 Å². The van der Waals surface area contributed by atoms with Crippen molar-refractivity contribution in [3.63, 3.8) is 0 Å². The Labute approximate surface area is 180 Å². The van der Waals surface area contributed by atoms with E-state index in [1.807, 2.05) is 24.3 Å². The molecule has 1 aromatic heterocycles. The second-order valence-electron chi connectivity index (χ2n) is 6.38. The molecular formula is C19H18ClF3N4O2S. The van der Waals surface area contributed by atoms with Crippen LogP contribution in [-0.2, 0) is 15.8 Å². The van der Waals surface area contributed by atoms with E-state index in [4.69, 9.17) is 11.6 Å². The Balaban J connectivity index is 1.43. The molecule has 11 heteroatoms. The molecule has 1 aromatic carbocycles. The molecule has 0 unspecified atom stereocenters. The van der Waals surface area contributed by atoms with Gasteiger partial charge in [-0.3, -0.25) is 9.59 Å². The Bertz CT molecular complexity index is 942. The van der Waals surface area contributed by atoms with Crippen molar-refractivity contribution in [1.82, 2.24) is 10.3 Å². The molecule has 3 rings (SSSR count). The van der Waals surface area contributed by atoms with Gasteiger partial charge in [0.1, 0.15) is 5.82 Å². The Morgan fingerprint density at radius 2 is 2.03 bits per heavy atom. The fraction of sp³-hybridized carbons (Fsp3) is 0.316. The van der Waals surface area contributed by atoms with Crippen LogP contribution in [0.1, 0.15) is 12.0 Å². The van der Waals surface area contributed by atoms with Crippen molar-refractivity contribution in [2.45, 2.75) is 17.5 Å². The van der Waals surface area contributed by atoms with Gasteiger partial charge in [-0.05, 0) is 18.2 Å². The molecule has 0 bridgehead atoms. The fourth-order valence-electron chi connectivity index (χ4n) is 2.81. The third-order valence-electron chi connectivity index (χ3n) is 4.28. The summed E-state index contributed by atoms with van der Waals surface area (Å²) in [5, 5.41) is 5.31. The Kier molecular flexibility index (Phi) is 7.09. The summed E-state index contributed by atoms with van der Waals surface area (Å²) in [7, 11) is 0. The minimum absolute atomic E-state index is 0.0452. The molecule has 2 aromatic rings. The average Bonchev–Trinajstić information content (AvgIpc) is 2.70. The third kappa shape index (κ3) is 5.57. The van der Waals surface area contributed by atoms with Crippen LogP contribution in [0.5, 0.6) is 0 Å². The first-order valence-electron chi connectivity index (χ1n) is 9.01. The van der Waals surface area contributed by atoms with E-state index in [1.54, 1.807) is 4.90 Å². The number of benzene rings is 1. The van der Waals surface area contributed by atoms with E-state index in [0.29, 0.717) is 11.9 Å². The number of nitrogens with zero attached hydrogens (tertiary/aromatic N) is 2. The molecule has 0 aliphatic carbocycles. The summed E-state index contributed by atoms with van der Waals surface area (Å²) in [5.74, 6) is 0.151. The molecule has 2 amide bonds. The molecule has 2 heterocycles. The zero-order valence-electron chi connectivity index (χ0n) is 15.6. The molecule has 30 heavy (non-hydrogen) atoms. The molecule has 0 fully saturated rings. The molecule has 2 N–H and O–H groups in total. The highest BCUT2D eigenvalue weighted by Crippen LogP contribution is 2.35. The highest BCUT2D eigenvalue weighted by atomic mass is 35.5. The summed E-state index contributed by atoms with van der Waals surface area (Å²) in [6.07, 6.45) is -3.69. The van der Waals surface area contributed by atoms with Crippen LogP contribution in [-0.4, -0.2) is 42.2 Å². The largest absolute Gasteiger partial charge is 0.417 e. The van der Waals surface area contributed by atoms with Crippen molar-refractivity contribution in [1.29, 1.82) is 0 Å².